The second kappa shape index (κ2) is 6.38. The van der Waals surface area contributed by atoms with Crippen LogP contribution in [-0.4, -0.2) is 16.4 Å². The fraction of sp³-hybridized carbons (Fsp3) is 0.571. The molecule has 0 atom stereocenters. The lowest BCUT2D eigenvalue weighted by Gasteiger charge is -2.21. The smallest absolute Gasteiger partial charge is 0.224 e. The molecule has 1 aromatic rings. The molecule has 1 amide bonds. The minimum absolute atomic E-state index is 0.0150. The monoisotopic (exact) mass is 249 g/mol. The van der Waals surface area contributed by atoms with Gasteiger partial charge in [0.05, 0.1) is 11.9 Å². The van der Waals surface area contributed by atoms with Gasteiger partial charge < -0.3 is 10.6 Å². The Morgan fingerprint density at radius 3 is 2.56 bits per heavy atom. The van der Waals surface area contributed by atoms with Crippen LogP contribution in [0.4, 0.5) is 11.5 Å². The van der Waals surface area contributed by atoms with E-state index >= 15 is 0 Å². The highest BCUT2D eigenvalue weighted by Crippen LogP contribution is 2.14. The summed E-state index contributed by atoms with van der Waals surface area (Å²) in [6.45, 7) is 8.31. The molecule has 0 spiro atoms. The molecule has 0 bridgehead atoms. The van der Waals surface area contributed by atoms with E-state index in [-0.39, 0.29) is 11.4 Å². The molecule has 0 aliphatic carbocycles. The summed E-state index contributed by atoms with van der Waals surface area (Å²) in [5, 5.41) is 6.11. The van der Waals surface area contributed by atoms with Crippen molar-refractivity contribution >= 4 is 17.4 Å². The highest BCUT2D eigenvalue weighted by molar-refractivity contribution is 5.90. The van der Waals surface area contributed by atoms with Gasteiger partial charge in [-0.25, -0.2) is 4.98 Å². The maximum atomic E-state index is 11.5. The summed E-state index contributed by atoms with van der Waals surface area (Å²) >= 11 is 0. The second-order valence-corrected chi connectivity index (χ2v) is 5.46. The number of unbranched alkanes of at least 4 members (excludes halogenated alkanes) is 1. The van der Waals surface area contributed by atoms with Crippen LogP contribution in [0.2, 0.25) is 0 Å². The zero-order valence-electron chi connectivity index (χ0n) is 11.7. The number of aromatic nitrogens is 1. The third-order valence-corrected chi connectivity index (χ3v) is 2.31. The van der Waals surface area contributed by atoms with Crippen molar-refractivity contribution in [2.45, 2.75) is 52.5 Å². The Kier molecular flexibility index (Phi) is 5.13. The molecule has 0 aliphatic rings. The van der Waals surface area contributed by atoms with Gasteiger partial charge in [-0.2, -0.15) is 0 Å². The number of carbonyl (C=O) groups excluding carboxylic acids is 1. The molecule has 0 aromatic carbocycles. The quantitative estimate of drug-likeness (QED) is 0.840. The van der Waals surface area contributed by atoms with Gasteiger partial charge in [0, 0.05) is 12.0 Å². The van der Waals surface area contributed by atoms with E-state index < -0.39 is 0 Å². The predicted molar refractivity (Wildman–Crippen MR) is 75.8 cm³/mol. The zero-order chi connectivity index (χ0) is 13.6. The van der Waals surface area contributed by atoms with E-state index in [1.165, 1.54) is 0 Å². The Labute approximate surface area is 109 Å². The van der Waals surface area contributed by atoms with Crippen molar-refractivity contribution in [1.82, 2.24) is 4.98 Å². The molecule has 4 nitrogen and oxygen atoms in total. The topological polar surface area (TPSA) is 54.0 Å². The number of carbonyl (C=O) groups is 1. The van der Waals surface area contributed by atoms with Gasteiger partial charge in [-0.15, -0.1) is 0 Å². The Balaban J connectivity index is 2.52. The van der Waals surface area contributed by atoms with E-state index in [4.69, 9.17) is 0 Å². The summed E-state index contributed by atoms with van der Waals surface area (Å²) in [6, 6.07) is 3.74. The predicted octanol–water partition coefficient (Wildman–Crippen LogP) is 3.42. The van der Waals surface area contributed by atoms with Gasteiger partial charge >= 0.3 is 0 Å². The second-order valence-electron chi connectivity index (χ2n) is 5.46. The number of anilines is 2. The summed E-state index contributed by atoms with van der Waals surface area (Å²) in [6.07, 6.45) is 4.19. The first kappa shape index (κ1) is 14.5. The largest absolute Gasteiger partial charge is 0.365 e. The standard InChI is InChI=1S/C14H23N3O/c1-5-6-7-13(18)16-11-8-9-12(15-10-11)17-14(2,3)4/h8-10H,5-7H2,1-4H3,(H,15,17)(H,16,18). The van der Waals surface area contributed by atoms with Crippen molar-refractivity contribution < 1.29 is 4.79 Å². The van der Waals surface area contributed by atoms with Gasteiger partial charge in [0.1, 0.15) is 5.82 Å². The van der Waals surface area contributed by atoms with E-state index in [1.54, 1.807) is 6.20 Å². The molecule has 1 rings (SSSR count). The fourth-order valence-corrected chi connectivity index (χ4v) is 1.49. The molecular weight excluding hydrogens is 226 g/mol. The van der Waals surface area contributed by atoms with Crippen LogP contribution in [-0.2, 0) is 4.79 Å². The molecule has 100 valence electrons. The number of nitrogens with one attached hydrogen (secondary N) is 2. The maximum absolute atomic E-state index is 11.5. The van der Waals surface area contributed by atoms with Crippen LogP contribution < -0.4 is 10.6 Å². The van der Waals surface area contributed by atoms with Crippen molar-refractivity contribution in [3.63, 3.8) is 0 Å². The highest BCUT2D eigenvalue weighted by Gasteiger charge is 2.09. The summed E-state index contributed by atoms with van der Waals surface area (Å²) in [4.78, 5) is 15.8. The lowest BCUT2D eigenvalue weighted by Crippen LogP contribution is -2.26. The molecule has 0 aliphatic heterocycles. The van der Waals surface area contributed by atoms with E-state index in [2.05, 4.69) is 43.3 Å². The number of nitrogens with zero attached hydrogens (tertiary/aromatic N) is 1. The molecular formula is C14H23N3O. The lowest BCUT2D eigenvalue weighted by atomic mass is 10.1. The first-order valence-corrected chi connectivity index (χ1v) is 6.45. The summed E-state index contributed by atoms with van der Waals surface area (Å²) in [7, 11) is 0. The Morgan fingerprint density at radius 1 is 1.33 bits per heavy atom. The zero-order valence-corrected chi connectivity index (χ0v) is 11.7. The average Bonchev–Trinajstić information content (AvgIpc) is 2.27. The molecule has 2 N–H and O–H groups in total. The third kappa shape index (κ3) is 5.66. The first-order chi connectivity index (χ1) is 8.40. The Morgan fingerprint density at radius 2 is 2.06 bits per heavy atom. The molecule has 1 heterocycles. The van der Waals surface area contributed by atoms with Gasteiger partial charge in [-0.3, -0.25) is 4.79 Å². The van der Waals surface area contributed by atoms with Crippen LogP contribution in [0.5, 0.6) is 0 Å². The Hall–Kier alpha value is -1.58. The number of hydrogen-bond acceptors (Lipinski definition) is 3. The van der Waals surface area contributed by atoms with Crippen molar-refractivity contribution in [3.05, 3.63) is 18.3 Å². The minimum atomic E-state index is -0.0150. The molecule has 0 saturated heterocycles. The van der Waals surface area contributed by atoms with E-state index in [1.807, 2.05) is 12.1 Å². The Bertz CT molecular complexity index is 379. The van der Waals surface area contributed by atoms with Crippen molar-refractivity contribution in [3.8, 4) is 0 Å². The molecule has 0 fully saturated rings. The van der Waals surface area contributed by atoms with Crippen molar-refractivity contribution in [2.24, 2.45) is 0 Å². The van der Waals surface area contributed by atoms with Gasteiger partial charge in [0.2, 0.25) is 5.91 Å². The fourth-order valence-electron chi connectivity index (χ4n) is 1.49. The van der Waals surface area contributed by atoms with Crippen LogP contribution in [0.25, 0.3) is 0 Å². The highest BCUT2D eigenvalue weighted by atomic mass is 16.1. The number of rotatable bonds is 5. The number of pyridine rings is 1. The van der Waals surface area contributed by atoms with Crippen LogP contribution in [0, 0.1) is 0 Å². The van der Waals surface area contributed by atoms with Crippen molar-refractivity contribution in [2.75, 3.05) is 10.6 Å². The first-order valence-electron chi connectivity index (χ1n) is 6.45. The normalized spacial score (nSPS) is 11.1. The van der Waals surface area contributed by atoms with Crippen LogP contribution in [0.3, 0.4) is 0 Å². The molecule has 0 unspecified atom stereocenters. The summed E-state index contributed by atoms with van der Waals surface area (Å²) < 4.78 is 0. The van der Waals surface area contributed by atoms with Crippen LogP contribution in [0.15, 0.2) is 18.3 Å². The van der Waals surface area contributed by atoms with Gasteiger partial charge in [0.15, 0.2) is 0 Å². The maximum Gasteiger partial charge on any atom is 0.224 e. The van der Waals surface area contributed by atoms with Gasteiger partial charge in [0.25, 0.3) is 0 Å². The number of amides is 1. The van der Waals surface area contributed by atoms with E-state index in [0.29, 0.717) is 6.42 Å². The van der Waals surface area contributed by atoms with E-state index in [0.717, 1.165) is 24.3 Å². The summed E-state index contributed by atoms with van der Waals surface area (Å²) in [5.41, 5.74) is 0.731. The van der Waals surface area contributed by atoms with Crippen LogP contribution >= 0.6 is 0 Å². The number of hydrogen-bond donors (Lipinski definition) is 2. The molecule has 0 saturated carbocycles. The SMILES string of the molecule is CCCCC(=O)Nc1ccc(NC(C)(C)C)nc1. The average molecular weight is 249 g/mol. The third-order valence-electron chi connectivity index (χ3n) is 2.31. The minimum Gasteiger partial charge on any atom is -0.365 e. The van der Waals surface area contributed by atoms with E-state index in [9.17, 15) is 4.79 Å². The lowest BCUT2D eigenvalue weighted by molar-refractivity contribution is -0.116. The molecule has 1 aromatic heterocycles. The van der Waals surface area contributed by atoms with Crippen LogP contribution in [0.1, 0.15) is 47.0 Å². The molecule has 4 heteroatoms. The van der Waals surface area contributed by atoms with Crippen molar-refractivity contribution in [1.29, 1.82) is 0 Å². The summed E-state index contributed by atoms with van der Waals surface area (Å²) in [5.74, 6) is 0.865. The molecule has 0 radical (unpaired) electrons. The van der Waals surface area contributed by atoms with Gasteiger partial charge in [-0.05, 0) is 39.3 Å². The van der Waals surface area contributed by atoms with Gasteiger partial charge in [-0.1, -0.05) is 13.3 Å². The molecule has 18 heavy (non-hydrogen) atoms.